The predicted molar refractivity (Wildman–Crippen MR) is 83.6 cm³/mol. The van der Waals surface area contributed by atoms with Crippen molar-refractivity contribution < 1.29 is 14.3 Å². The summed E-state index contributed by atoms with van der Waals surface area (Å²) >= 11 is 0. The predicted octanol–water partition coefficient (Wildman–Crippen LogP) is -1.01. The number of carbonyl (C=O) groups excluding carboxylic acids is 2. The van der Waals surface area contributed by atoms with Gasteiger partial charge in [-0.2, -0.15) is 0 Å². The van der Waals surface area contributed by atoms with Gasteiger partial charge in [0.05, 0.1) is 19.3 Å². The van der Waals surface area contributed by atoms with Gasteiger partial charge in [0.2, 0.25) is 11.8 Å². The Hall–Kier alpha value is -1.18. The Morgan fingerprint density at radius 1 is 1.14 bits per heavy atom. The van der Waals surface area contributed by atoms with E-state index in [0.717, 1.165) is 32.7 Å². The molecule has 0 spiro atoms. The number of nitrogens with one attached hydrogen (secondary N) is 1. The van der Waals surface area contributed by atoms with Gasteiger partial charge in [-0.15, -0.1) is 0 Å². The third-order valence-corrected chi connectivity index (χ3v) is 4.39. The number of piperazine rings is 1. The lowest BCUT2D eigenvalue weighted by molar-refractivity contribution is -0.136. The second-order valence-corrected chi connectivity index (χ2v) is 5.97. The van der Waals surface area contributed by atoms with E-state index in [2.05, 4.69) is 22.0 Å². The topological polar surface area (TPSA) is 65.1 Å². The third kappa shape index (κ3) is 5.23. The molecule has 126 valence electrons. The molecule has 2 fully saturated rings. The molecule has 0 radical (unpaired) electrons. The normalized spacial score (nSPS) is 24.3. The Morgan fingerprint density at radius 3 is 2.45 bits per heavy atom. The number of morpholine rings is 1. The molecule has 2 amide bonds. The molecule has 2 rings (SSSR count). The lowest BCUT2D eigenvalue weighted by atomic mass is 10.2. The van der Waals surface area contributed by atoms with Crippen molar-refractivity contribution in [1.29, 1.82) is 0 Å². The van der Waals surface area contributed by atoms with E-state index in [9.17, 15) is 9.59 Å². The van der Waals surface area contributed by atoms with E-state index in [0.29, 0.717) is 32.8 Å². The number of hydrogen-bond acceptors (Lipinski definition) is 5. The van der Waals surface area contributed by atoms with Gasteiger partial charge in [0.25, 0.3) is 0 Å². The van der Waals surface area contributed by atoms with Crippen LogP contribution in [0.1, 0.15) is 13.8 Å². The molecular formula is C15H28N4O3. The van der Waals surface area contributed by atoms with Gasteiger partial charge >= 0.3 is 0 Å². The van der Waals surface area contributed by atoms with Crippen molar-refractivity contribution in [2.75, 3.05) is 65.5 Å². The van der Waals surface area contributed by atoms with Crippen LogP contribution in [0.2, 0.25) is 0 Å². The SMILES string of the molecule is CCN1CCN(CC(=O)NCC2CN(C(C)=O)CCO2)CC1. The first-order chi connectivity index (χ1) is 10.6. The quantitative estimate of drug-likeness (QED) is 0.704. The monoisotopic (exact) mass is 312 g/mol. The van der Waals surface area contributed by atoms with Crippen LogP contribution < -0.4 is 5.32 Å². The molecule has 0 aromatic rings. The van der Waals surface area contributed by atoms with Gasteiger partial charge in [-0.1, -0.05) is 6.92 Å². The highest BCUT2D eigenvalue weighted by Gasteiger charge is 2.23. The van der Waals surface area contributed by atoms with E-state index in [1.165, 1.54) is 0 Å². The Morgan fingerprint density at radius 2 is 1.82 bits per heavy atom. The molecule has 0 bridgehead atoms. The van der Waals surface area contributed by atoms with Crippen molar-refractivity contribution in [1.82, 2.24) is 20.0 Å². The molecule has 0 aromatic heterocycles. The molecular weight excluding hydrogens is 284 g/mol. The van der Waals surface area contributed by atoms with Crippen LogP contribution in [-0.2, 0) is 14.3 Å². The van der Waals surface area contributed by atoms with Gasteiger partial charge in [-0.25, -0.2) is 0 Å². The summed E-state index contributed by atoms with van der Waals surface area (Å²) in [5, 5.41) is 2.93. The summed E-state index contributed by atoms with van der Waals surface area (Å²) < 4.78 is 5.60. The van der Waals surface area contributed by atoms with Gasteiger partial charge < -0.3 is 19.9 Å². The standard InChI is InChI=1S/C15H28N4O3/c1-3-17-4-6-18(7-5-17)12-15(21)16-10-14-11-19(13(2)20)8-9-22-14/h14H,3-12H2,1-2H3,(H,16,21). The van der Waals surface area contributed by atoms with Crippen molar-refractivity contribution in [3.8, 4) is 0 Å². The van der Waals surface area contributed by atoms with Crippen molar-refractivity contribution in [3.63, 3.8) is 0 Å². The zero-order valence-electron chi connectivity index (χ0n) is 13.7. The average Bonchev–Trinajstić information content (AvgIpc) is 2.54. The minimum Gasteiger partial charge on any atom is -0.373 e. The van der Waals surface area contributed by atoms with E-state index in [4.69, 9.17) is 4.74 Å². The van der Waals surface area contributed by atoms with Gasteiger partial charge in [0, 0.05) is 52.7 Å². The van der Waals surface area contributed by atoms with E-state index < -0.39 is 0 Å². The van der Waals surface area contributed by atoms with Crippen molar-refractivity contribution >= 4 is 11.8 Å². The van der Waals surface area contributed by atoms with Crippen LogP contribution in [0.4, 0.5) is 0 Å². The lowest BCUT2D eigenvalue weighted by Gasteiger charge is -2.34. The summed E-state index contributed by atoms with van der Waals surface area (Å²) in [6.45, 7) is 11.4. The molecule has 2 aliphatic rings. The fraction of sp³-hybridized carbons (Fsp3) is 0.867. The molecule has 0 aliphatic carbocycles. The van der Waals surface area contributed by atoms with Gasteiger partial charge in [0.1, 0.15) is 0 Å². The molecule has 1 N–H and O–H groups in total. The summed E-state index contributed by atoms with van der Waals surface area (Å²) in [5.74, 6) is 0.0990. The number of nitrogens with zero attached hydrogens (tertiary/aromatic N) is 3. The van der Waals surface area contributed by atoms with Crippen LogP contribution in [0, 0.1) is 0 Å². The first-order valence-electron chi connectivity index (χ1n) is 8.17. The fourth-order valence-corrected chi connectivity index (χ4v) is 2.88. The molecule has 2 aliphatic heterocycles. The number of rotatable bonds is 5. The highest BCUT2D eigenvalue weighted by molar-refractivity contribution is 5.78. The Bertz CT molecular complexity index is 383. The minimum absolute atomic E-state index is 0.0356. The van der Waals surface area contributed by atoms with E-state index >= 15 is 0 Å². The lowest BCUT2D eigenvalue weighted by Crippen LogP contribution is -2.52. The van der Waals surface area contributed by atoms with Crippen LogP contribution in [0.5, 0.6) is 0 Å². The molecule has 0 saturated carbocycles. The van der Waals surface area contributed by atoms with Crippen molar-refractivity contribution in [3.05, 3.63) is 0 Å². The summed E-state index contributed by atoms with van der Waals surface area (Å²) in [5.41, 5.74) is 0. The average molecular weight is 312 g/mol. The summed E-state index contributed by atoms with van der Waals surface area (Å²) in [6, 6.07) is 0. The number of likely N-dealkylation sites (N-methyl/N-ethyl adjacent to an activating group) is 1. The van der Waals surface area contributed by atoms with Crippen molar-refractivity contribution in [2.45, 2.75) is 20.0 Å². The van der Waals surface area contributed by atoms with Gasteiger partial charge in [-0.05, 0) is 6.54 Å². The summed E-state index contributed by atoms with van der Waals surface area (Å²) in [6.07, 6.45) is -0.0986. The molecule has 22 heavy (non-hydrogen) atoms. The Labute approximate surface area is 132 Å². The zero-order valence-corrected chi connectivity index (χ0v) is 13.7. The second-order valence-electron chi connectivity index (χ2n) is 5.97. The van der Waals surface area contributed by atoms with E-state index in [-0.39, 0.29) is 17.9 Å². The fourth-order valence-electron chi connectivity index (χ4n) is 2.88. The number of hydrogen-bond donors (Lipinski definition) is 1. The molecule has 1 atom stereocenters. The highest BCUT2D eigenvalue weighted by atomic mass is 16.5. The molecule has 2 saturated heterocycles. The molecule has 1 unspecified atom stereocenters. The maximum absolute atomic E-state index is 12.0. The number of ether oxygens (including phenoxy) is 1. The van der Waals surface area contributed by atoms with Crippen LogP contribution in [0.15, 0.2) is 0 Å². The minimum atomic E-state index is -0.0986. The molecule has 7 heteroatoms. The summed E-state index contributed by atoms with van der Waals surface area (Å²) in [4.78, 5) is 29.7. The Balaban J connectivity index is 1.64. The number of carbonyl (C=O) groups is 2. The zero-order chi connectivity index (χ0) is 15.9. The first kappa shape index (κ1) is 17.2. The largest absolute Gasteiger partial charge is 0.373 e. The van der Waals surface area contributed by atoms with Gasteiger partial charge in [0.15, 0.2) is 0 Å². The van der Waals surface area contributed by atoms with Crippen LogP contribution >= 0.6 is 0 Å². The molecule has 0 aromatic carbocycles. The first-order valence-corrected chi connectivity index (χ1v) is 8.17. The molecule has 7 nitrogen and oxygen atoms in total. The Kier molecular flexibility index (Phi) is 6.60. The number of amides is 2. The maximum Gasteiger partial charge on any atom is 0.234 e. The van der Waals surface area contributed by atoms with E-state index in [1.807, 2.05) is 0 Å². The van der Waals surface area contributed by atoms with Crippen LogP contribution in [0.25, 0.3) is 0 Å². The molecule has 2 heterocycles. The van der Waals surface area contributed by atoms with Crippen LogP contribution in [0.3, 0.4) is 0 Å². The summed E-state index contributed by atoms with van der Waals surface area (Å²) in [7, 11) is 0. The third-order valence-electron chi connectivity index (χ3n) is 4.39. The highest BCUT2D eigenvalue weighted by Crippen LogP contribution is 2.05. The van der Waals surface area contributed by atoms with Crippen LogP contribution in [-0.4, -0.2) is 98.1 Å². The smallest absolute Gasteiger partial charge is 0.234 e. The van der Waals surface area contributed by atoms with E-state index in [1.54, 1.807) is 11.8 Å². The van der Waals surface area contributed by atoms with Crippen molar-refractivity contribution in [2.24, 2.45) is 0 Å². The second kappa shape index (κ2) is 8.45. The van der Waals surface area contributed by atoms with Gasteiger partial charge in [-0.3, -0.25) is 14.5 Å². The maximum atomic E-state index is 12.0.